The molecule has 0 unspecified atom stereocenters. The van der Waals surface area contributed by atoms with Crippen molar-refractivity contribution in [3.8, 4) is 0 Å². The predicted molar refractivity (Wildman–Crippen MR) is 122 cm³/mol. The van der Waals surface area contributed by atoms with Crippen LogP contribution in [-0.4, -0.2) is 18.9 Å². The van der Waals surface area contributed by atoms with E-state index in [2.05, 4.69) is 5.32 Å². The van der Waals surface area contributed by atoms with E-state index in [0.717, 1.165) is 5.56 Å². The first-order valence-electron chi connectivity index (χ1n) is 9.44. The molecule has 1 amide bonds. The molecule has 0 saturated carbocycles. The Hall–Kier alpha value is -2.80. The fraction of sp³-hybridized carbons (Fsp3) is 0.0870. The van der Waals surface area contributed by atoms with E-state index in [4.69, 9.17) is 23.2 Å². The molecule has 5 nitrogen and oxygen atoms in total. The van der Waals surface area contributed by atoms with Gasteiger partial charge < -0.3 is 9.88 Å². The lowest BCUT2D eigenvalue weighted by molar-refractivity contribution is -0.121. The summed E-state index contributed by atoms with van der Waals surface area (Å²) in [6, 6.07) is 20.3. The number of rotatable bonds is 6. The standard InChI is InChI=1S/C23H18Cl2N2O3S/c24-17-7-5-16(6-8-17)13-26-23(28)15-27-14-22(20-3-1-2-4-21(20)27)31(29,30)19-11-9-18(25)10-12-19/h1-12,14H,13,15H2,(H,26,28). The van der Waals surface area contributed by atoms with Gasteiger partial charge in [0.25, 0.3) is 0 Å². The summed E-state index contributed by atoms with van der Waals surface area (Å²) in [4.78, 5) is 12.8. The average molecular weight is 473 g/mol. The Labute approximate surface area is 190 Å². The molecule has 4 rings (SSSR count). The summed E-state index contributed by atoms with van der Waals surface area (Å²) >= 11 is 11.8. The van der Waals surface area contributed by atoms with Crippen LogP contribution >= 0.6 is 23.2 Å². The molecule has 0 aliphatic carbocycles. The molecular weight excluding hydrogens is 455 g/mol. The Morgan fingerprint density at radius 2 is 1.48 bits per heavy atom. The van der Waals surface area contributed by atoms with Crippen molar-refractivity contribution in [3.05, 3.63) is 94.6 Å². The Morgan fingerprint density at radius 1 is 0.871 bits per heavy atom. The van der Waals surface area contributed by atoms with Crippen molar-refractivity contribution >= 4 is 49.8 Å². The number of nitrogens with one attached hydrogen (secondary N) is 1. The zero-order valence-electron chi connectivity index (χ0n) is 16.3. The molecule has 0 radical (unpaired) electrons. The van der Waals surface area contributed by atoms with Crippen molar-refractivity contribution in [1.82, 2.24) is 9.88 Å². The molecule has 1 N–H and O–H groups in total. The molecule has 8 heteroatoms. The van der Waals surface area contributed by atoms with E-state index < -0.39 is 9.84 Å². The van der Waals surface area contributed by atoms with Gasteiger partial charge >= 0.3 is 0 Å². The third-order valence-corrected chi connectivity index (χ3v) is 7.18. The monoisotopic (exact) mass is 472 g/mol. The van der Waals surface area contributed by atoms with E-state index in [1.54, 1.807) is 34.9 Å². The molecule has 0 aliphatic heterocycles. The number of hydrogen-bond acceptors (Lipinski definition) is 3. The van der Waals surface area contributed by atoms with Crippen LogP contribution < -0.4 is 5.32 Å². The van der Waals surface area contributed by atoms with Gasteiger partial charge in [0.2, 0.25) is 15.7 Å². The number of nitrogens with zero attached hydrogens (tertiary/aromatic N) is 1. The average Bonchev–Trinajstić information content (AvgIpc) is 3.13. The van der Waals surface area contributed by atoms with Crippen molar-refractivity contribution in [2.24, 2.45) is 0 Å². The molecule has 0 atom stereocenters. The van der Waals surface area contributed by atoms with E-state index in [1.807, 2.05) is 18.2 Å². The lowest BCUT2D eigenvalue weighted by Gasteiger charge is -2.07. The second kappa shape index (κ2) is 8.75. The lowest BCUT2D eigenvalue weighted by Crippen LogP contribution is -2.26. The Balaban J connectivity index is 1.61. The third-order valence-electron chi connectivity index (χ3n) is 4.88. The van der Waals surface area contributed by atoms with Crippen LogP contribution in [0.5, 0.6) is 0 Å². The first-order valence-corrected chi connectivity index (χ1v) is 11.7. The summed E-state index contributed by atoms with van der Waals surface area (Å²) in [5.41, 5.74) is 1.58. The van der Waals surface area contributed by atoms with Gasteiger partial charge in [0.05, 0.1) is 9.79 Å². The molecular formula is C23H18Cl2N2O3S. The Kier molecular flexibility index (Phi) is 6.05. The van der Waals surface area contributed by atoms with Crippen molar-refractivity contribution in [2.75, 3.05) is 0 Å². The van der Waals surface area contributed by atoms with Crippen LogP contribution in [0.1, 0.15) is 5.56 Å². The zero-order chi connectivity index (χ0) is 22.0. The van der Waals surface area contributed by atoms with Gasteiger partial charge in [0.15, 0.2) is 0 Å². The van der Waals surface area contributed by atoms with Crippen LogP contribution in [0, 0.1) is 0 Å². The number of halogens is 2. The van der Waals surface area contributed by atoms with Gasteiger partial charge in [-0.15, -0.1) is 0 Å². The van der Waals surface area contributed by atoms with Crippen LogP contribution in [0.3, 0.4) is 0 Å². The van der Waals surface area contributed by atoms with Crippen LogP contribution in [0.2, 0.25) is 10.0 Å². The van der Waals surface area contributed by atoms with Crippen LogP contribution in [-0.2, 0) is 27.7 Å². The van der Waals surface area contributed by atoms with Crippen molar-refractivity contribution in [3.63, 3.8) is 0 Å². The zero-order valence-corrected chi connectivity index (χ0v) is 18.6. The van der Waals surface area contributed by atoms with Crippen LogP contribution in [0.25, 0.3) is 10.9 Å². The number of aromatic nitrogens is 1. The molecule has 158 valence electrons. The highest BCUT2D eigenvalue weighted by Crippen LogP contribution is 2.30. The quantitative estimate of drug-likeness (QED) is 0.424. The summed E-state index contributed by atoms with van der Waals surface area (Å²) in [6.45, 7) is 0.343. The smallest absolute Gasteiger partial charge is 0.240 e. The van der Waals surface area contributed by atoms with Gasteiger partial charge in [-0.1, -0.05) is 53.5 Å². The van der Waals surface area contributed by atoms with Gasteiger partial charge in [-0.2, -0.15) is 0 Å². The minimum absolute atomic E-state index is 0.00968. The molecule has 0 fully saturated rings. The molecule has 3 aromatic carbocycles. The predicted octanol–water partition coefficient (Wildman–Crippen LogP) is 5.10. The highest BCUT2D eigenvalue weighted by atomic mass is 35.5. The second-order valence-corrected chi connectivity index (χ2v) is 9.79. The fourth-order valence-corrected chi connectivity index (χ4v) is 5.04. The van der Waals surface area contributed by atoms with Crippen molar-refractivity contribution in [1.29, 1.82) is 0 Å². The summed E-state index contributed by atoms with van der Waals surface area (Å²) < 4.78 is 28.1. The minimum Gasteiger partial charge on any atom is -0.350 e. The number of hydrogen-bond donors (Lipinski definition) is 1. The summed E-state index contributed by atoms with van der Waals surface area (Å²) in [5.74, 6) is -0.230. The van der Waals surface area contributed by atoms with Crippen molar-refractivity contribution in [2.45, 2.75) is 22.9 Å². The topological polar surface area (TPSA) is 68.2 Å². The van der Waals surface area contributed by atoms with E-state index in [0.29, 0.717) is 27.5 Å². The normalized spacial score (nSPS) is 11.5. The van der Waals surface area contributed by atoms with Crippen molar-refractivity contribution < 1.29 is 13.2 Å². The molecule has 0 bridgehead atoms. The molecule has 0 spiro atoms. The minimum atomic E-state index is -3.78. The number of sulfone groups is 1. The Bertz CT molecular complexity index is 1350. The molecule has 31 heavy (non-hydrogen) atoms. The summed E-state index contributed by atoms with van der Waals surface area (Å²) in [7, 11) is -3.78. The highest BCUT2D eigenvalue weighted by Gasteiger charge is 2.23. The first-order chi connectivity index (χ1) is 14.8. The van der Waals surface area contributed by atoms with Crippen LogP contribution in [0.4, 0.5) is 0 Å². The number of carbonyl (C=O) groups is 1. The number of amides is 1. The number of carbonyl (C=O) groups excluding carboxylic acids is 1. The maximum Gasteiger partial charge on any atom is 0.240 e. The molecule has 4 aromatic rings. The molecule has 1 aromatic heterocycles. The van der Waals surface area contributed by atoms with Gasteiger partial charge in [-0.05, 0) is 48.0 Å². The maximum atomic E-state index is 13.2. The molecule has 0 saturated heterocycles. The van der Waals surface area contributed by atoms with Crippen LogP contribution in [0.15, 0.2) is 88.8 Å². The Morgan fingerprint density at radius 3 is 2.16 bits per heavy atom. The van der Waals surface area contributed by atoms with E-state index >= 15 is 0 Å². The lowest BCUT2D eigenvalue weighted by atomic mass is 10.2. The van der Waals surface area contributed by atoms with Gasteiger partial charge in [0.1, 0.15) is 6.54 Å². The maximum absolute atomic E-state index is 13.2. The van der Waals surface area contributed by atoms with Gasteiger partial charge in [-0.3, -0.25) is 4.79 Å². The SMILES string of the molecule is O=C(Cn1cc(S(=O)(=O)c2ccc(Cl)cc2)c2ccccc21)NCc1ccc(Cl)cc1. The summed E-state index contributed by atoms with van der Waals surface area (Å²) in [6.07, 6.45) is 1.51. The fourth-order valence-electron chi connectivity index (χ4n) is 3.31. The first kappa shape index (κ1) is 21.4. The van der Waals surface area contributed by atoms with Gasteiger partial charge in [-0.25, -0.2) is 8.42 Å². The van der Waals surface area contributed by atoms with E-state index in [9.17, 15) is 13.2 Å². The molecule has 0 aliphatic rings. The number of fused-ring (bicyclic) bond motifs is 1. The number of para-hydroxylation sites is 1. The van der Waals surface area contributed by atoms with Gasteiger partial charge in [0, 0.05) is 33.7 Å². The van der Waals surface area contributed by atoms with E-state index in [1.165, 1.54) is 30.5 Å². The highest BCUT2D eigenvalue weighted by molar-refractivity contribution is 7.91. The third kappa shape index (κ3) is 4.61. The van der Waals surface area contributed by atoms with E-state index in [-0.39, 0.29) is 22.2 Å². The molecule has 1 heterocycles. The summed E-state index contributed by atoms with van der Waals surface area (Å²) in [5, 5.41) is 4.49. The number of benzene rings is 3. The second-order valence-electron chi connectivity index (χ2n) is 7.00. The largest absolute Gasteiger partial charge is 0.350 e.